The van der Waals surface area contributed by atoms with E-state index in [4.69, 9.17) is 0 Å². The van der Waals surface area contributed by atoms with Gasteiger partial charge < -0.3 is 20.4 Å². The third kappa shape index (κ3) is 11.4. The van der Waals surface area contributed by atoms with Crippen molar-refractivity contribution in [1.82, 2.24) is 0 Å². The maximum Gasteiger partial charge on any atom is 0.143 e. The van der Waals surface area contributed by atoms with Crippen LogP contribution in [-0.4, -0.2) is 20.4 Å². The molecule has 0 aliphatic rings. The Morgan fingerprint density at radius 3 is 1.09 bits per heavy atom. The Hall–Kier alpha value is -5.24. The SMILES string of the molecule is CC(C)(C)CC(C)(C)c1ccc2c(N=Nc3ccccc3O)c(O)ccc2c1.CC(C)(C)CC(C)(C)c1ccc2c(N=Nc3ccccc3O)c(O)ccc2c1.[Fe]. The number of rotatable bonds is 8. The van der Waals surface area contributed by atoms with Gasteiger partial charge in [-0.2, -0.15) is 0 Å². The summed E-state index contributed by atoms with van der Waals surface area (Å²) >= 11 is 0. The largest absolute Gasteiger partial charge is 0.506 e. The second-order valence-corrected chi connectivity index (χ2v) is 18.4. The molecule has 0 fully saturated rings. The average molecular weight is 809 g/mol. The van der Waals surface area contributed by atoms with Crippen LogP contribution >= 0.6 is 0 Å². The zero-order chi connectivity index (χ0) is 41.1. The Morgan fingerprint density at radius 2 is 0.754 bits per heavy atom. The number of azo groups is 2. The minimum Gasteiger partial charge on any atom is -0.506 e. The second kappa shape index (κ2) is 17.5. The van der Waals surface area contributed by atoms with Crippen molar-refractivity contribution in [3.63, 3.8) is 0 Å². The third-order valence-corrected chi connectivity index (χ3v) is 9.73. The molecular weight excluding hydrogens is 752 g/mol. The molecule has 0 spiro atoms. The van der Waals surface area contributed by atoms with Crippen LogP contribution in [0.2, 0.25) is 0 Å². The summed E-state index contributed by atoms with van der Waals surface area (Å²) in [5.74, 6) is 0.233. The number of para-hydroxylation sites is 2. The predicted molar refractivity (Wildman–Crippen MR) is 230 cm³/mol. The van der Waals surface area contributed by atoms with Crippen molar-refractivity contribution in [2.45, 2.75) is 92.9 Å². The molecule has 0 heterocycles. The zero-order valence-electron chi connectivity index (χ0n) is 34.7. The molecular formula is C48H56FeN4O4. The molecule has 0 bridgehead atoms. The van der Waals surface area contributed by atoms with Gasteiger partial charge in [0, 0.05) is 27.8 Å². The van der Waals surface area contributed by atoms with Crippen LogP contribution in [0.4, 0.5) is 22.7 Å². The first kappa shape index (κ1) is 44.5. The number of hydrogen-bond donors (Lipinski definition) is 4. The van der Waals surface area contributed by atoms with E-state index < -0.39 is 0 Å². The summed E-state index contributed by atoms with van der Waals surface area (Å²) in [6, 6.07) is 33.1. The van der Waals surface area contributed by atoms with E-state index in [2.05, 4.69) is 114 Å². The van der Waals surface area contributed by atoms with Crippen LogP contribution in [0.25, 0.3) is 21.5 Å². The van der Waals surface area contributed by atoms with Crippen LogP contribution in [0, 0.1) is 10.8 Å². The summed E-state index contributed by atoms with van der Waals surface area (Å²) in [6.07, 6.45) is 2.12. The van der Waals surface area contributed by atoms with E-state index in [0.717, 1.165) is 34.4 Å². The summed E-state index contributed by atoms with van der Waals surface area (Å²) in [5, 5.41) is 60.8. The number of nitrogens with zero attached hydrogens (tertiary/aromatic N) is 4. The minimum absolute atomic E-state index is 0. The van der Waals surface area contributed by atoms with Gasteiger partial charge in [0.15, 0.2) is 0 Å². The number of benzene rings is 6. The van der Waals surface area contributed by atoms with Gasteiger partial charge in [-0.05, 0) is 92.8 Å². The van der Waals surface area contributed by atoms with Crippen molar-refractivity contribution >= 4 is 44.3 Å². The predicted octanol–water partition coefficient (Wildman–Crippen LogP) is 14.8. The van der Waals surface area contributed by atoms with Gasteiger partial charge in [-0.1, -0.05) is 142 Å². The van der Waals surface area contributed by atoms with Crippen molar-refractivity contribution in [2.24, 2.45) is 31.3 Å². The maximum atomic E-state index is 10.3. The van der Waals surface area contributed by atoms with Crippen LogP contribution in [0.15, 0.2) is 130 Å². The molecule has 0 unspecified atom stereocenters. The fourth-order valence-corrected chi connectivity index (χ4v) is 7.82. The molecule has 0 aromatic heterocycles. The summed E-state index contributed by atoms with van der Waals surface area (Å²) in [4.78, 5) is 0. The van der Waals surface area contributed by atoms with E-state index in [0.29, 0.717) is 22.7 Å². The minimum atomic E-state index is 0. The Kier molecular flexibility index (Phi) is 13.6. The molecule has 0 amide bonds. The van der Waals surface area contributed by atoms with Crippen LogP contribution in [0.5, 0.6) is 23.0 Å². The summed E-state index contributed by atoms with van der Waals surface area (Å²) < 4.78 is 0. The molecule has 0 radical (unpaired) electrons. The summed E-state index contributed by atoms with van der Waals surface area (Å²) in [7, 11) is 0. The van der Waals surface area contributed by atoms with Gasteiger partial charge in [-0.25, -0.2) is 0 Å². The first-order valence-corrected chi connectivity index (χ1v) is 19.1. The van der Waals surface area contributed by atoms with Gasteiger partial charge in [0.2, 0.25) is 0 Å². The summed E-state index contributed by atoms with van der Waals surface area (Å²) in [5.41, 5.74) is 4.55. The van der Waals surface area contributed by atoms with Crippen LogP contribution < -0.4 is 0 Å². The number of phenols is 4. The van der Waals surface area contributed by atoms with Gasteiger partial charge in [0.25, 0.3) is 0 Å². The molecule has 8 nitrogen and oxygen atoms in total. The molecule has 0 aliphatic heterocycles. The molecule has 300 valence electrons. The van der Waals surface area contributed by atoms with Crippen LogP contribution in [0.1, 0.15) is 93.2 Å². The van der Waals surface area contributed by atoms with Gasteiger partial charge in [-0.15, -0.1) is 20.5 Å². The smallest absolute Gasteiger partial charge is 0.143 e. The quantitative estimate of drug-likeness (QED) is 0.0901. The van der Waals surface area contributed by atoms with E-state index in [1.54, 1.807) is 60.7 Å². The normalized spacial score (nSPS) is 12.5. The van der Waals surface area contributed by atoms with E-state index in [1.165, 1.54) is 11.1 Å². The van der Waals surface area contributed by atoms with Crippen molar-refractivity contribution in [3.8, 4) is 23.0 Å². The number of aromatic hydroxyl groups is 4. The fourth-order valence-electron chi connectivity index (χ4n) is 7.82. The first-order valence-electron chi connectivity index (χ1n) is 19.1. The average Bonchev–Trinajstić information content (AvgIpc) is 3.10. The standard InChI is InChI=1S/2C24H28N2O2.Fe/c2*1-23(2,3)15-24(4,5)17-11-12-18-16(14-17)10-13-21(28)22(18)26-25-19-8-6-7-9-20(19)27;/h2*6-14,27-28H,15H2,1-5H3;. The Morgan fingerprint density at radius 1 is 0.404 bits per heavy atom. The zero-order valence-corrected chi connectivity index (χ0v) is 35.8. The topological polar surface area (TPSA) is 130 Å². The Labute approximate surface area is 347 Å². The van der Waals surface area contributed by atoms with E-state index >= 15 is 0 Å². The monoisotopic (exact) mass is 808 g/mol. The van der Waals surface area contributed by atoms with Crippen molar-refractivity contribution in [2.75, 3.05) is 0 Å². The van der Waals surface area contributed by atoms with Crippen molar-refractivity contribution < 1.29 is 37.5 Å². The molecule has 0 saturated heterocycles. The molecule has 9 heteroatoms. The second-order valence-electron chi connectivity index (χ2n) is 18.4. The van der Waals surface area contributed by atoms with Crippen molar-refractivity contribution in [1.29, 1.82) is 0 Å². The first-order chi connectivity index (χ1) is 26.1. The molecule has 4 N–H and O–H groups in total. The van der Waals surface area contributed by atoms with Gasteiger partial charge >= 0.3 is 0 Å². The van der Waals surface area contributed by atoms with E-state index in [1.807, 2.05) is 24.3 Å². The molecule has 0 atom stereocenters. The third-order valence-electron chi connectivity index (χ3n) is 9.73. The Bertz CT molecular complexity index is 2240. The molecule has 0 saturated carbocycles. The van der Waals surface area contributed by atoms with Gasteiger partial charge in [0.05, 0.1) is 0 Å². The molecule has 6 aromatic rings. The number of phenolic OH excluding ortho intramolecular Hbond substituents is 4. The van der Waals surface area contributed by atoms with Gasteiger partial charge in [-0.3, -0.25) is 0 Å². The van der Waals surface area contributed by atoms with E-state index in [-0.39, 0.29) is 61.7 Å². The van der Waals surface area contributed by atoms with Crippen LogP contribution in [0.3, 0.4) is 0 Å². The summed E-state index contributed by atoms with van der Waals surface area (Å²) in [6.45, 7) is 22.6. The van der Waals surface area contributed by atoms with Crippen LogP contribution in [-0.2, 0) is 27.9 Å². The molecule has 0 aliphatic carbocycles. The number of hydrogen-bond acceptors (Lipinski definition) is 8. The Balaban J connectivity index is 0.000000248. The molecule has 6 rings (SSSR count). The van der Waals surface area contributed by atoms with E-state index in [9.17, 15) is 20.4 Å². The van der Waals surface area contributed by atoms with Gasteiger partial charge in [0.1, 0.15) is 45.7 Å². The maximum absolute atomic E-state index is 10.3. The number of fused-ring (bicyclic) bond motifs is 2. The molecule has 57 heavy (non-hydrogen) atoms. The van der Waals surface area contributed by atoms with Crippen molar-refractivity contribution in [3.05, 3.63) is 120 Å². The fraction of sp³-hybridized carbons (Fsp3) is 0.333. The molecule has 6 aromatic carbocycles.